The zero-order valence-electron chi connectivity index (χ0n) is 16.8. The maximum Gasteiger partial charge on any atom is 0.224 e. The van der Waals surface area contributed by atoms with Gasteiger partial charge in [0.05, 0.1) is 0 Å². The molecule has 6 nitrogen and oxygen atoms in total. The Morgan fingerprint density at radius 2 is 2.00 bits per heavy atom. The number of carbonyl (C=O) groups is 1. The van der Waals surface area contributed by atoms with E-state index in [0.29, 0.717) is 31.9 Å². The molecule has 0 spiro atoms. The number of ether oxygens (including phenoxy) is 1. The summed E-state index contributed by atoms with van der Waals surface area (Å²) < 4.78 is 32.0. The van der Waals surface area contributed by atoms with Crippen LogP contribution < -0.4 is 9.64 Å². The van der Waals surface area contributed by atoms with Crippen molar-refractivity contribution >= 4 is 11.7 Å². The van der Waals surface area contributed by atoms with Crippen molar-refractivity contribution in [1.29, 1.82) is 0 Å². The molecule has 2 heterocycles. The van der Waals surface area contributed by atoms with E-state index in [1.807, 2.05) is 11.8 Å². The van der Waals surface area contributed by atoms with Gasteiger partial charge in [-0.2, -0.15) is 0 Å². The maximum absolute atomic E-state index is 13.4. The summed E-state index contributed by atoms with van der Waals surface area (Å²) in [6.45, 7) is 6.10. The van der Waals surface area contributed by atoms with E-state index in [0.717, 1.165) is 31.4 Å². The van der Waals surface area contributed by atoms with Gasteiger partial charge in [-0.05, 0) is 25.5 Å². The van der Waals surface area contributed by atoms with Crippen LogP contribution in [0.3, 0.4) is 0 Å². The summed E-state index contributed by atoms with van der Waals surface area (Å²) in [5, 5.41) is 0. The Bertz CT molecular complexity index is 849. The van der Waals surface area contributed by atoms with E-state index in [-0.39, 0.29) is 23.6 Å². The van der Waals surface area contributed by atoms with Gasteiger partial charge in [-0.1, -0.05) is 19.8 Å². The molecule has 0 N–H and O–H groups in total. The molecule has 8 heteroatoms. The van der Waals surface area contributed by atoms with Gasteiger partial charge in [0.1, 0.15) is 17.9 Å². The average molecular weight is 404 g/mol. The van der Waals surface area contributed by atoms with Crippen LogP contribution in [0.4, 0.5) is 14.6 Å². The Kier molecular flexibility index (Phi) is 6.95. The van der Waals surface area contributed by atoms with E-state index in [4.69, 9.17) is 4.74 Å². The lowest BCUT2D eigenvalue weighted by Gasteiger charge is -2.40. The molecule has 0 aliphatic carbocycles. The zero-order valence-corrected chi connectivity index (χ0v) is 16.8. The normalized spacial score (nSPS) is 16.8. The van der Waals surface area contributed by atoms with Crippen molar-refractivity contribution in [1.82, 2.24) is 14.9 Å². The standard InChI is InChI=1S/C21H26F2N4O2/c1-3-4-5-6-21(28)27-10-9-26(13-15(27)2)19-12-20(25-14-24-19)29-16-7-8-17(22)18(23)11-16/h7-8,11-12,14-15H,3-6,9-10,13H2,1-2H3. The van der Waals surface area contributed by atoms with E-state index in [1.54, 1.807) is 6.07 Å². The minimum Gasteiger partial charge on any atom is -0.439 e. The van der Waals surface area contributed by atoms with E-state index >= 15 is 0 Å². The Labute approximate surface area is 169 Å². The van der Waals surface area contributed by atoms with Gasteiger partial charge < -0.3 is 14.5 Å². The van der Waals surface area contributed by atoms with Gasteiger partial charge in [-0.3, -0.25) is 4.79 Å². The third-order valence-corrected chi connectivity index (χ3v) is 5.01. The summed E-state index contributed by atoms with van der Waals surface area (Å²) in [4.78, 5) is 24.8. The second kappa shape index (κ2) is 9.62. The number of hydrogen-bond acceptors (Lipinski definition) is 5. The van der Waals surface area contributed by atoms with Crippen LogP contribution in [0.5, 0.6) is 11.6 Å². The fourth-order valence-corrected chi connectivity index (χ4v) is 3.43. The highest BCUT2D eigenvalue weighted by atomic mass is 19.2. The number of aromatic nitrogens is 2. The molecule has 1 amide bonds. The van der Waals surface area contributed by atoms with Gasteiger partial charge in [0, 0.05) is 44.2 Å². The number of hydrogen-bond donors (Lipinski definition) is 0. The van der Waals surface area contributed by atoms with Crippen molar-refractivity contribution in [3.05, 3.63) is 42.2 Å². The van der Waals surface area contributed by atoms with Crippen LogP contribution in [-0.2, 0) is 4.79 Å². The smallest absolute Gasteiger partial charge is 0.224 e. The fourth-order valence-electron chi connectivity index (χ4n) is 3.43. The monoisotopic (exact) mass is 404 g/mol. The molecule has 29 heavy (non-hydrogen) atoms. The molecule has 1 saturated heterocycles. The number of unbranched alkanes of at least 4 members (excludes halogenated alkanes) is 2. The highest BCUT2D eigenvalue weighted by Crippen LogP contribution is 2.25. The minimum atomic E-state index is -0.981. The van der Waals surface area contributed by atoms with Crippen LogP contribution >= 0.6 is 0 Å². The molecular weight excluding hydrogens is 378 g/mol. The number of rotatable bonds is 7. The Morgan fingerprint density at radius 3 is 2.72 bits per heavy atom. The van der Waals surface area contributed by atoms with Crippen LogP contribution in [0.25, 0.3) is 0 Å². The Balaban J connectivity index is 1.62. The lowest BCUT2D eigenvalue weighted by Crippen LogP contribution is -2.54. The SMILES string of the molecule is CCCCCC(=O)N1CCN(c2cc(Oc3ccc(F)c(F)c3)ncn2)CC1C. The zero-order chi connectivity index (χ0) is 20.8. The molecule has 0 bridgehead atoms. The third kappa shape index (κ3) is 5.40. The highest BCUT2D eigenvalue weighted by Gasteiger charge is 2.27. The topological polar surface area (TPSA) is 58.6 Å². The van der Waals surface area contributed by atoms with Crippen LogP contribution in [0.2, 0.25) is 0 Å². The summed E-state index contributed by atoms with van der Waals surface area (Å²) in [6.07, 6.45) is 5.06. The molecular formula is C21H26F2N4O2. The third-order valence-electron chi connectivity index (χ3n) is 5.01. The number of anilines is 1. The summed E-state index contributed by atoms with van der Waals surface area (Å²) >= 11 is 0. The second-order valence-corrected chi connectivity index (χ2v) is 7.23. The first-order valence-corrected chi connectivity index (χ1v) is 9.97. The number of piperazine rings is 1. The van der Waals surface area contributed by atoms with Crippen molar-refractivity contribution in [2.24, 2.45) is 0 Å². The number of amides is 1. The van der Waals surface area contributed by atoms with E-state index < -0.39 is 11.6 Å². The van der Waals surface area contributed by atoms with Crippen molar-refractivity contribution in [2.45, 2.75) is 45.6 Å². The van der Waals surface area contributed by atoms with E-state index in [9.17, 15) is 13.6 Å². The Hall–Kier alpha value is -2.77. The lowest BCUT2D eigenvalue weighted by atomic mass is 10.1. The number of benzene rings is 1. The molecule has 1 aliphatic rings. The van der Waals surface area contributed by atoms with Crippen molar-refractivity contribution < 1.29 is 18.3 Å². The number of halogens is 2. The first-order valence-electron chi connectivity index (χ1n) is 9.97. The molecule has 1 aliphatic heterocycles. The molecule has 1 atom stereocenters. The molecule has 0 saturated carbocycles. The van der Waals surface area contributed by atoms with Crippen LogP contribution in [0.1, 0.15) is 39.5 Å². The Morgan fingerprint density at radius 1 is 1.17 bits per heavy atom. The fraction of sp³-hybridized carbons (Fsp3) is 0.476. The van der Waals surface area contributed by atoms with Crippen molar-refractivity contribution in [2.75, 3.05) is 24.5 Å². The van der Waals surface area contributed by atoms with Gasteiger partial charge in [-0.25, -0.2) is 18.7 Å². The summed E-state index contributed by atoms with van der Waals surface area (Å²) in [5.41, 5.74) is 0. The van der Waals surface area contributed by atoms with Gasteiger partial charge >= 0.3 is 0 Å². The molecule has 156 valence electrons. The van der Waals surface area contributed by atoms with Crippen molar-refractivity contribution in [3.63, 3.8) is 0 Å². The molecule has 1 aromatic carbocycles. The maximum atomic E-state index is 13.4. The first-order chi connectivity index (χ1) is 14.0. The quantitative estimate of drug-likeness (QED) is 0.649. The van der Waals surface area contributed by atoms with Crippen molar-refractivity contribution in [3.8, 4) is 11.6 Å². The first kappa shape index (κ1) is 21.0. The molecule has 1 unspecified atom stereocenters. The number of carbonyl (C=O) groups excluding carboxylic acids is 1. The predicted molar refractivity (Wildman–Crippen MR) is 106 cm³/mol. The molecule has 2 aromatic rings. The van der Waals surface area contributed by atoms with Gasteiger partial charge in [-0.15, -0.1) is 0 Å². The summed E-state index contributed by atoms with van der Waals surface area (Å²) in [7, 11) is 0. The predicted octanol–water partition coefficient (Wildman–Crippen LogP) is 4.16. The minimum absolute atomic E-state index is 0.0726. The second-order valence-electron chi connectivity index (χ2n) is 7.23. The lowest BCUT2D eigenvalue weighted by molar-refractivity contribution is -0.133. The molecule has 1 aromatic heterocycles. The molecule has 3 rings (SSSR count). The van der Waals surface area contributed by atoms with Crippen LogP contribution in [0, 0.1) is 11.6 Å². The summed E-state index contributed by atoms with van der Waals surface area (Å²) in [6, 6.07) is 5.05. The van der Waals surface area contributed by atoms with Gasteiger partial charge in [0.25, 0.3) is 0 Å². The van der Waals surface area contributed by atoms with Gasteiger partial charge in [0.15, 0.2) is 11.6 Å². The van der Waals surface area contributed by atoms with Gasteiger partial charge in [0.2, 0.25) is 11.8 Å². The molecule has 1 fully saturated rings. The largest absolute Gasteiger partial charge is 0.439 e. The van der Waals surface area contributed by atoms with E-state index in [1.165, 1.54) is 12.4 Å². The number of nitrogens with zero attached hydrogens (tertiary/aromatic N) is 4. The molecule has 0 radical (unpaired) electrons. The average Bonchev–Trinajstić information content (AvgIpc) is 2.71. The van der Waals surface area contributed by atoms with Crippen LogP contribution in [-0.4, -0.2) is 46.5 Å². The highest BCUT2D eigenvalue weighted by molar-refractivity contribution is 5.76. The van der Waals surface area contributed by atoms with Crippen LogP contribution in [0.15, 0.2) is 30.6 Å². The summed E-state index contributed by atoms with van der Waals surface area (Å²) in [5.74, 6) is -0.642. The van der Waals surface area contributed by atoms with E-state index in [2.05, 4.69) is 21.8 Å².